The van der Waals surface area contributed by atoms with E-state index in [1.54, 1.807) is 16.9 Å². The summed E-state index contributed by atoms with van der Waals surface area (Å²) in [6, 6.07) is 32.2. The van der Waals surface area contributed by atoms with E-state index in [2.05, 4.69) is 48.5 Å². The number of para-hydroxylation sites is 1. The van der Waals surface area contributed by atoms with Crippen LogP contribution < -0.4 is 19.7 Å². The molecule has 1 aromatic heterocycles. The van der Waals surface area contributed by atoms with Crippen molar-refractivity contribution in [3.05, 3.63) is 126 Å². The smallest absolute Gasteiger partial charge is 0.264 e. The molecule has 4 heterocycles. The summed E-state index contributed by atoms with van der Waals surface area (Å²) in [5.41, 5.74) is 4.83. The number of carbonyl (C=O) groups excluding carboxylic acids is 2. The van der Waals surface area contributed by atoms with Crippen LogP contribution in [0.4, 0.5) is 17.1 Å². The summed E-state index contributed by atoms with van der Waals surface area (Å²) in [6.07, 6.45) is 3.35. The summed E-state index contributed by atoms with van der Waals surface area (Å²) in [7, 11) is 1.12. The quantitative estimate of drug-likeness (QED) is 0.167. The lowest BCUT2D eigenvalue weighted by atomic mass is 9.82. The lowest BCUT2D eigenvalue weighted by molar-refractivity contribution is -0.145. The maximum atomic E-state index is 14.8. The van der Waals surface area contributed by atoms with Crippen molar-refractivity contribution in [1.29, 1.82) is 0 Å². The third-order valence-electron chi connectivity index (χ3n) is 12.2. The molecule has 4 aromatic carbocycles. The number of likely N-dealkylation sites (N-methyl/N-ethyl adjacent to an activating group) is 1. The predicted molar refractivity (Wildman–Crippen MR) is 211 cm³/mol. The van der Waals surface area contributed by atoms with E-state index in [0.717, 1.165) is 39.5 Å². The summed E-state index contributed by atoms with van der Waals surface area (Å²) in [4.78, 5) is 31.9. The number of carbonyl (C=O) groups is 2. The average molecular weight is 742 g/mol. The van der Waals surface area contributed by atoms with Gasteiger partial charge in [-0.15, -0.1) is 5.10 Å². The number of benzene rings is 4. The first-order valence-electron chi connectivity index (χ1n) is 18.8. The van der Waals surface area contributed by atoms with Gasteiger partial charge in [0.05, 0.1) is 50.9 Å². The molecule has 10 nitrogen and oxygen atoms in total. The number of fused-ring (bicyclic) bond motifs is 3. The Bertz CT molecular complexity index is 2190. The number of amides is 2. The maximum absolute atomic E-state index is 14.8. The topological polar surface area (TPSA) is 110 Å². The second-order valence-corrected chi connectivity index (χ2v) is 20.1. The highest BCUT2D eigenvalue weighted by Crippen LogP contribution is 2.60. The molecule has 0 bridgehead atoms. The van der Waals surface area contributed by atoms with Crippen LogP contribution in [-0.4, -0.2) is 66.9 Å². The largest absolute Gasteiger partial charge is 0.497 e. The Morgan fingerprint density at radius 1 is 0.963 bits per heavy atom. The third-order valence-corrected chi connectivity index (χ3v) is 16.6. The van der Waals surface area contributed by atoms with Gasteiger partial charge in [-0.25, -0.2) is 0 Å². The molecular weight excluding hydrogens is 695 g/mol. The second kappa shape index (κ2) is 14.0. The zero-order valence-electron chi connectivity index (χ0n) is 31.5. The van der Waals surface area contributed by atoms with Gasteiger partial charge < -0.3 is 19.5 Å². The standard InChI is InChI=1S/C43H47N5O5Si/c1-28-41(54(4,5)33-19-17-32(52-3)18-20-33)39(23-24-47-26-36(44-45-47)34(27-49)29-11-7-6-8-12-29)53-43(28)35-25-31(16-21-38(35)46(2)42(43)51)48-37-14-10-9-13-30(37)15-22-40(48)50/h6-14,16-21,25-26,28,34,39,41,49H,15,22-24,27H2,1-5H3/t28-,34?,39+,41-,43+/m0/s1. The summed E-state index contributed by atoms with van der Waals surface area (Å²) in [5.74, 6) is 0.277. The van der Waals surface area contributed by atoms with E-state index < -0.39 is 13.7 Å². The molecule has 0 saturated carbocycles. The van der Waals surface area contributed by atoms with Crippen LogP contribution in [0.1, 0.15) is 48.1 Å². The lowest BCUT2D eigenvalue weighted by Gasteiger charge is -2.37. The fourth-order valence-electron chi connectivity index (χ4n) is 9.42. The van der Waals surface area contributed by atoms with Crippen molar-refractivity contribution >= 4 is 42.1 Å². The molecule has 8 rings (SSSR count). The fourth-order valence-corrected chi connectivity index (χ4v) is 13.5. The van der Waals surface area contributed by atoms with Gasteiger partial charge in [0.2, 0.25) is 5.91 Å². The van der Waals surface area contributed by atoms with Crippen LogP contribution in [-0.2, 0) is 32.9 Å². The molecule has 1 spiro atoms. The van der Waals surface area contributed by atoms with Gasteiger partial charge in [0.1, 0.15) is 5.75 Å². The van der Waals surface area contributed by atoms with Crippen LogP contribution in [0.25, 0.3) is 0 Å². The summed E-state index contributed by atoms with van der Waals surface area (Å²) >= 11 is 0. The maximum Gasteiger partial charge on any atom is 0.264 e. The average Bonchev–Trinajstić information content (AvgIpc) is 3.84. The van der Waals surface area contributed by atoms with Gasteiger partial charge in [-0.1, -0.05) is 91.1 Å². The van der Waals surface area contributed by atoms with Crippen LogP contribution >= 0.6 is 0 Å². The van der Waals surface area contributed by atoms with Gasteiger partial charge in [-0.05, 0) is 65.9 Å². The molecule has 1 fully saturated rings. The number of aryl methyl sites for hydroxylation is 2. The Morgan fingerprint density at radius 2 is 1.70 bits per heavy atom. The van der Waals surface area contributed by atoms with Crippen molar-refractivity contribution in [3.8, 4) is 5.75 Å². The van der Waals surface area contributed by atoms with Crippen molar-refractivity contribution in [3.63, 3.8) is 0 Å². The molecule has 3 aliphatic rings. The fraction of sp³-hybridized carbons (Fsp3) is 0.349. The minimum absolute atomic E-state index is 0.0347. The number of ether oxygens (including phenoxy) is 2. The number of hydrogen-bond donors (Lipinski definition) is 1. The Balaban J connectivity index is 1.18. The summed E-state index contributed by atoms with van der Waals surface area (Å²) < 4.78 is 14.6. The Morgan fingerprint density at radius 3 is 2.44 bits per heavy atom. The highest BCUT2D eigenvalue weighted by atomic mass is 28.3. The number of nitrogens with zero attached hydrogens (tertiary/aromatic N) is 5. The SMILES string of the molecule is COc1ccc([Si](C)(C)[C@@H]2[C@@H](CCn3cc(C(CO)c4ccccc4)nn3)O[C@]3(C(=O)N(C)c4ccc(N5C(=O)CCc6ccccc65)cc43)[C@H]2C)cc1. The molecular formula is C43H47N5O5Si. The van der Waals surface area contributed by atoms with Gasteiger partial charge in [0.25, 0.3) is 5.91 Å². The third kappa shape index (κ3) is 5.77. The van der Waals surface area contributed by atoms with Crippen molar-refractivity contribution < 1.29 is 24.2 Å². The minimum atomic E-state index is -2.37. The molecule has 0 aliphatic carbocycles. The van der Waals surface area contributed by atoms with Gasteiger partial charge in [0.15, 0.2) is 5.60 Å². The first-order chi connectivity index (χ1) is 26.1. The van der Waals surface area contributed by atoms with Crippen LogP contribution in [0.2, 0.25) is 18.6 Å². The van der Waals surface area contributed by atoms with Crippen LogP contribution in [0.3, 0.4) is 0 Å². The van der Waals surface area contributed by atoms with Gasteiger partial charge >= 0.3 is 0 Å². The van der Waals surface area contributed by atoms with E-state index in [1.807, 2.05) is 96.8 Å². The Kier molecular flexibility index (Phi) is 9.27. The number of aliphatic hydroxyl groups excluding tert-OH is 1. The van der Waals surface area contributed by atoms with E-state index in [-0.39, 0.29) is 41.9 Å². The van der Waals surface area contributed by atoms with E-state index in [1.165, 1.54) is 5.19 Å². The molecule has 5 aromatic rings. The molecule has 278 valence electrons. The van der Waals surface area contributed by atoms with Crippen LogP contribution in [0.5, 0.6) is 5.75 Å². The van der Waals surface area contributed by atoms with E-state index in [9.17, 15) is 14.7 Å². The zero-order chi connectivity index (χ0) is 37.8. The Hall–Kier alpha value is -5.10. The van der Waals surface area contributed by atoms with Gasteiger partial charge in [0, 0.05) is 43.4 Å². The molecule has 5 atom stereocenters. The number of aromatic nitrogens is 3. The number of rotatable bonds is 10. The van der Waals surface area contributed by atoms with Crippen molar-refractivity contribution in [2.75, 3.05) is 30.6 Å². The molecule has 11 heteroatoms. The monoisotopic (exact) mass is 741 g/mol. The number of aliphatic hydroxyl groups is 1. The van der Waals surface area contributed by atoms with Crippen LogP contribution in [0.15, 0.2) is 103 Å². The summed E-state index contributed by atoms with van der Waals surface area (Å²) in [6.45, 7) is 7.36. The number of hydrogen-bond acceptors (Lipinski definition) is 7. The van der Waals surface area contributed by atoms with Gasteiger partial charge in [-0.3, -0.25) is 19.2 Å². The van der Waals surface area contributed by atoms with E-state index >= 15 is 0 Å². The molecule has 2 amide bonds. The van der Waals surface area contributed by atoms with E-state index in [4.69, 9.17) is 9.47 Å². The normalized spacial score (nSPS) is 22.8. The van der Waals surface area contributed by atoms with E-state index in [0.29, 0.717) is 31.5 Å². The highest BCUT2D eigenvalue weighted by molar-refractivity contribution is 6.91. The number of anilines is 3. The highest BCUT2D eigenvalue weighted by Gasteiger charge is 2.66. The molecule has 1 N–H and O–H groups in total. The number of methoxy groups -OCH3 is 1. The van der Waals surface area contributed by atoms with Crippen LogP contribution in [0, 0.1) is 5.92 Å². The molecule has 1 saturated heterocycles. The van der Waals surface area contributed by atoms with Crippen molar-refractivity contribution in [1.82, 2.24) is 15.0 Å². The molecule has 54 heavy (non-hydrogen) atoms. The molecule has 3 aliphatic heterocycles. The lowest BCUT2D eigenvalue weighted by Crippen LogP contribution is -2.51. The predicted octanol–water partition coefficient (Wildman–Crippen LogP) is 6.30. The summed E-state index contributed by atoms with van der Waals surface area (Å²) in [5, 5.41) is 20.5. The molecule has 1 unspecified atom stereocenters. The zero-order valence-corrected chi connectivity index (χ0v) is 32.5. The van der Waals surface area contributed by atoms with Crippen molar-refractivity contribution in [2.45, 2.75) is 69.0 Å². The first-order valence-corrected chi connectivity index (χ1v) is 21.9. The molecule has 0 radical (unpaired) electrons. The second-order valence-electron chi connectivity index (χ2n) is 15.4. The minimum Gasteiger partial charge on any atom is -0.497 e. The van der Waals surface area contributed by atoms with Crippen molar-refractivity contribution in [2.24, 2.45) is 5.92 Å². The van der Waals surface area contributed by atoms with Gasteiger partial charge in [-0.2, -0.15) is 0 Å². The first kappa shape index (κ1) is 35.9. The Labute approximate surface area is 317 Å².